The largest absolute Gasteiger partial charge is 0.455 e. The highest BCUT2D eigenvalue weighted by atomic mass is 16.3. The highest BCUT2D eigenvalue weighted by molar-refractivity contribution is 6.25. The molecule has 0 aliphatic carbocycles. The van der Waals surface area contributed by atoms with Gasteiger partial charge in [0.2, 0.25) is 0 Å². The zero-order valence-corrected chi connectivity index (χ0v) is 35.7. The average molecular weight is 785 g/mol. The van der Waals surface area contributed by atoms with Crippen LogP contribution in [-0.2, 0) is 10.8 Å². The van der Waals surface area contributed by atoms with Crippen LogP contribution in [0, 0.1) is 0 Å². The predicted molar refractivity (Wildman–Crippen MR) is 263 cm³/mol. The summed E-state index contributed by atoms with van der Waals surface area (Å²) < 4.78 is 7.12. The minimum atomic E-state index is 0.00915. The van der Waals surface area contributed by atoms with E-state index in [1.807, 2.05) is 0 Å². The molecule has 0 aliphatic rings. The summed E-state index contributed by atoms with van der Waals surface area (Å²) in [7, 11) is 0. The van der Waals surface area contributed by atoms with Crippen LogP contribution in [0.3, 0.4) is 0 Å². The molecule has 0 fully saturated rings. The lowest BCUT2D eigenvalue weighted by molar-refractivity contribution is 0.569. The van der Waals surface area contributed by atoms with Crippen LogP contribution in [0.2, 0.25) is 0 Å². The zero-order chi connectivity index (χ0) is 41.6. The van der Waals surface area contributed by atoms with Gasteiger partial charge in [0, 0.05) is 21.9 Å². The van der Waals surface area contributed by atoms with Crippen LogP contribution in [0.25, 0.3) is 110 Å². The van der Waals surface area contributed by atoms with Crippen molar-refractivity contribution in [2.75, 3.05) is 0 Å². The van der Waals surface area contributed by atoms with Crippen molar-refractivity contribution in [3.05, 3.63) is 193 Å². The molecule has 0 saturated carbocycles. The van der Waals surface area contributed by atoms with Crippen LogP contribution in [0.5, 0.6) is 0 Å². The van der Waals surface area contributed by atoms with Crippen molar-refractivity contribution in [3.63, 3.8) is 0 Å². The van der Waals surface area contributed by atoms with Gasteiger partial charge in [-0.3, -0.25) is 0 Å². The predicted octanol–water partition coefficient (Wildman–Crippen LogP) is 17.5. The molecule has 0 radical (unpaired) electrons. The Kier molecular flexibility index (Phi) is 8.38. The lowest BCUT2D eigenvalue weighted by atomic mass is 9.77. The summed E-state index contributed by atoms with van der Waals surface area (Å²) in [6, 6.07) is 67.2. The third-order valence-corrected chi connectivity index (χ3v) is 12.9. The number of para-hydroxylation sites is 1. The third-order valence-electron chi connectivity index (χ3n) is 12.9. The van der Waals surface area contributed by atoms with E-state index in [-0.39, 0.29) is 10.8 Å². The lowest BCUT2D eigenvalue weighted by Gasteiger charge is -2.27. The monoisotopic (exact) mass is 784 g/mol. The van der Waals surface area contributed by atoms with Crippen molar-refractivity contribution in [2.24, 2.45) is 0 Å². The van der Waals surface area contributed by atoms with Gasteiger partial charge in [-0.05, 0) is 111 Å². The highest BCUT2D eigenvalue weighted by Gasteiger charge is 2.25. The molecule has 1 heteroatoms. The van der Waals surface area contributed by atoms with Gasteiger partial charge < -0.3 is 4.42 Å². The summed E-state index contributed by atoms with van der Waals surface area (Å²) in [4.78, 5) is 0. The normalized spacial score (nSPS) is 12.4. The third kappa shape index (κ3) is 5.98. The fourth-order valence-corrected chi connectivity index (χ4v) is 9.87. The van der Waals surface area contributed by atoms with Crippen LogP contribution >= 0.6 is 0 Å². The first-order valence-electron chi connectivity index (χ1n) is 21.6. The molecule has 10 aromatic carbocycles. The second kappa shape index (κ2) is 13.8. The molecule has 0 unspecified atom stereocenters. The Morgan fingerprint density at radius 3 is 1.18 bits per heavy atom. The van der Waals surface area contributed by atoms with Gasteiger partial charge in [-0.2, -0.15) is 0 Å². The Hall–Kier alpha value is -6.96. The van der Waals surface area contributed by atoms with E-state index in [2.05, 4.69) is 224 Å². The number of hydrogen-bond acceptors (Lipinski definition) is 1. The minimum absolute atomic E-state index is 0.00915. The SMILES string of the molecule is CC(C)(C)c1cc(-c2c3ccccc3c(-c3ccc4c(c3)oc3c(-c5c6ccccc6c(-c6ccccc6)c6ccccc56)cccc34)c3ccccc23)cc(C(C)(C)C)c1. The molecule has 0 amide bonds. The molecule has 0 N–H and O–H groups in total. The molecule has 0 spiro atoms. The molecule has 1 heterocycles. The van der Waals surface area contributed by atoms with Crippen molar-refractivity contribution in [3.8, 4) is 44.5 Å². The first-order chi connectivity index (χ1) is 29.5. The van der Waals surface area contributed by atoms with E-state index in [0.29, 0.717) is 0 Å². The summed E-state index contributed by atoms with van der Waals surface area (Å²) in [5.74, 6) is 0. The van der Waals surface area contributed by atoms with Crippen LogP contribution < -0.4 is 0 Å². The molecule has 11 rings (SSSR count). The van der Waals surface area contributed by atoms with E-state index in [1.54, 1.807) is 0 Å². The van der Waals surface area contributed by atoms with Gasteiger partial charge in [0.15, 0.2) is 0 Å². The Balaban J connectivity index is 1.15. The summed E-state index contributed by atoms with van der Waals surface area (Å²) in [5, 5.41) is 12.1. The molecule has 1 aromatic heterocycles. The quantitative estimate of drug-likeness (QED) is 0.162. The number of hydrogen-bond donors (Lipinski definition) is 0. The van der Waals surface area contributed by atoms with Crippen molar-refractivity contribution < 1.29 is 4.42 Å². The summed E-state index contributed by atoms with van der Waals surface area (Å²) in [6.07, 6.45) is 0. The fourth-order valence-electron chi connectivity index (χ4n) is 9.87. The minimum Gasteiger partial charge on any atom is -0.455 e. The molecule has 61 heavy (non-hydrogen) atoms. The Morgan fingerprint density at radius 2 is 0.705 bits per heavy atom. The molecular formula is C60H48O. The maximum absolute atomic E-state index is 7.12. The van der Waals surface area contributed by atoms with E-state index in [4.69, 9.17) is 4.42 Å². The molecule has 11 aromatic rings. The van der Waals surface area contributed by atoms with Crippen molar-refractivity contribution in [1.82, 2.24) is 0 Å². The van der Waals surface area contributed by atoms with Crippen LogP contribution in [0.4, 0.5) is 0 Å². The number of fused-ring (bicyclic) bond motifs is 7. The standard InChI is InChI=1S/C60H48O/c1-59(2,3)40-33-39(34-41(36-40)60(4,5)6)56-45-23-12-10-21-43(45)55(44-22-11-13-24-46(44)56)38-31-32-42-51-29-18-30-52(58(51)61-53(42)35-38)57-49-27-16-14-25-47(49)54(37-19-8-7-9-20-37)48-26-15-17-28-50(48)57/h7-36H,1-6H3. The first kappa shape index (κ1) is 37.1. The topological polar surface area (TPSA) is 13.1 Å². The van der Waals surface area contributed by atoms with Crippen molar-refractivity contribution in [1.29, 1.82) is 0 Å². The van der Waals surface area contributed by atoms with Gasteiger partial charge in [0.1, 0.15) is 11.2 Å². The van der Waals surface area contributed by atoms with Crippen LogP contribution in [0.15, 0.2) is 186 Å². The van der Waals surface area contributed by atoms with E-state index in [9.17, 15) is 0 Å². The second-order valence-corrected chi connectivity index (χ2v) is 18.8. The summed E-state index contributed by atoms with van der Waals surface area (Å²) in [5.41, 5.74) is 14.3. The summed E-state index contributed by atoms with van der Waals surface area (Å²) in [6.45, 7) is 13.9. The second-order valence-electron chi connectivity index (χ2n) is 18.8. The number of furan rings is 1. The fraction of sp³-hybridized carbons (Fsp3) is 0.133. The smallest absolute Gasteiger partial charge is 0.143 e. The van der Waals surface area contributed by atoms with Gasteiger partial charge in [-0.15, -0.1) is 0 Å². The van der Waals surface area contributed by atoms with Gasteiger partial charge >= 0.3 is 0 Å². The number of rotatable bonds is 4. The molecule has 0 saturated heterocycles. The Labute approximate surface area is 357 Å². The first-order valence-corrected chi connectivity index (χ1v) is 21.6. The van der Waals surface area contributed by atoms with E-state index in [0.717, 1.165) is 33.1 Å². The molecule has 0 atom stereocenters. The van der Waals surface area contributed by atoms with Gasteiger partial charge in [-0.25, -0.2) is 0 Å². The van der Waals surface area contributed by atoms with E-state index >= 15 is 0 Å². The van der Waals surface area contributed by atoms with E-state index in [1.165, 1.54) is 87.6 Å². The van der Waals surface area contributed by atoms with Gasteiger partial charge in [0.25, 0.3) is 0 Å². The zero-order valence-electron chi connectivity index (χ0n) is 35.7. The van der Waals surface area contributed by atoms with Gasteiger partial charge in [-0.1, -0.05) is 211 Å². The van der Waals surface area contributed by atoms with Crippen LogP contribution in [0.1, 0.15) is 52.7 Å². The van der Waals surface area contributed by atoms with Crippen molar-refractivity contribution in [2.45, 2.75) is 52.4 Å². The lowest BCUT2D eigenvalue weighted by Crippen LogP contribution is -2.16. The van der Waals surface area contributed by atoms with Crippen molar-refractivity contribution >= 4 is 65.0 Å². The van der Waals surface area contributed by atoms with Crippen LogP contribution in [-0.4, -0.2) is 0 Å². The maximum Gasteiger partial charge on any atom is 0.143 e. The van der Waals surface area contributed by atoms with Gasteiger partial charge in [0.05, 0.1) is 0 Å². The number of benzene rings is 10. The van der Waals surface area contributed by atoms with E-state index < -0.39 is 0 Å². The molecular weight excluding hydrogens is 737 g/mol. The molecule has 0 bridgehead atoms. The molecule has 294 valence electrons. The average Bonchev–Trinajstić information content (AvgIpc) is 3.65. The maximum atomic E-state index is 7.12. The molecule has 1 nitrogen and oxygen atoms in total. The Bertz CT molecular complexity index is 3390. The highest BCUT2D eigenvalue weighted by Crippen LogP contribution is 2.49. The molecule has 0 aliphatic heterocycles. The Morgan fingerprint density at radius 1 is 0.295 bits per heavy atom. The summed E-state index contributed by atoms with van der Waals surface area (Å²) >= 11 is 0.